The van der Waals surface area contributed by atoms with Gasteiger partial charge in [-0.05, 0) is 19.9 Å². The van der Waals surface area contributed by atoms with Gasteiger partial charge in [0.2, 0.25) is 5.91 Å². The minimum absolute atomic E-state index is 0.0589. The molecule has 104 valence electrons. The van der Waals surface area contributed by atoms with E-state index in [0.29, 0.717) is 23.6 Å². The molecule has 0 saturated carbocycles. The second-order valence-corrected chi connectivity index (χ2v) is 4.10. The van der Waals surface area contributed by atoms with E-state index in [0.717, 1.165) is 6.08 Å². The summed E-state index contributed by atoms with van der Waals surface area (Å²) in [6, 6.07) is 0. The SMILES string of the molecule is CCN(CC(N)=O)c1c(/C=C/C(=O)O)c(C)nn1C. The van der Waals surface area contributed by atoms with Crippen LogP contribution in [0.15, 0.2) is 6.08 Å². The Balaban J connectivity index is 3.24. The van der Waals surface area contributed by atoms with Crippen molar-refractivity contribution in [2.24, 2.45) is 12.8 Å². The molecule has 0 aliphatic rings. The number of carboxylic acids is 1. The van der Waals surface area contributed by atoms with Crippen LogP contribution in [0.25, 0.3) is 6.08 Å². The Morgan fingerprint density at radius 2 is 2.16 bits per heavy atom. The van der Waals surface area contributed by atoms with E-state index < -0.39 is 11.9 Å². The number of amides is 1. The van der Waals surface area contributed by atoms with E-state index in [-0.39, 0.29) is 6.54 Å². The minimum atomic E-state index is -1.04. The molecule has 0 spiro atoms. The van der Waals surface area contributed by atoms with Gasteiger partial charge in [-0.3, -0.25) is 9.48 Å². The normalized spacial score (nSPS) is 10.9. The maximum Gasteiger partial charge on any atom is 0.328 e. The molecule has 0 bridgehead atoms. The summed E-state index contributed by atoms with van der Waals surface area (Å²) in [7, 11) is 1.74. The fourth-order valence-electron chi connectivity index (χ4n) is 1.91. The molecule has 0 atom stereocenters. The first-order valence-corrected chi connectivity index (χ1v) is 5.84. The number of aromatic nitrogens is 2. The van der Waals surface area contributed by atoms with Crippen molar-refractivity contribution in [3.8, 4) is 0 Å². The van der Waals surface area contributed by atoms with Crippen molar-refractivity contribution in [1.82, 2.24) is 9.78 Å². The molecule has 0 radical (unpaired) electrons. The Labute approximate surface area is 111 Å². The highest BCUT2D eigenvalue weighted by Crippen LogP contribution is 2.24. The number of aliphatic carboxylic acids is 1. The van der Waals surface area contributed by atoms with Crippen LogP contribution in [0.2, 0.25) is 0 Å². The molecule has 1 aromatic heterocycles. The molecule has 7 nitrogen and oxygen atoms in total. The summed E-state index contributed by atoms with van der Waals surface area (Å²) in [6.45, 7) is 4.29. The number of nitrogens with zero attached hydrogens (tertiary/aromatic N) is 3. The molecule has 1 aromatic rings. The van der Waals surface area contributed by atoms with Gasteiger partial charge in [0.15, 0.2) is 0 Å². The lowest BCUT2D eigenvalue weighted by Gasteiger charge is -2.22. The first kappa shape index (κ1) is 14.7. The standard InChI is InChI=1S/C12H18N4O3/c1-4-16(7-10(13)17)12-9(5-6-11(18)19)8(2)14-15(12)3/h5-6H,4,7H2,1-3H3,(H2,13,17)(H,18,19)/b6-5+. The van der Waals surface area contributed by atoms with Crippen LogP contribution in [0.4, 0.5) is 5.82 Å². The molecule has 1 rings (SSSR count). The van der Waals surface area contributed by atoms with E-state index >= 15 is 0 Å². The number of carbonyl (C=O) groups is 2. The lowest BCUT2D eigenvalue weighted by Crippen LogP contribution is -2.35. The first-order valence-electron chi connectivity index (χ1n) is 5.84. The van der Waals surface area contributed by atoms with Crippen molar-refractivity contribution in [1.29, 1.82) is 0 Å². The molecule has 0 aliphatic carbocycles. The molecule has 0 unspecified atom stereocenters. The van der Waals surface area contributed by atoms with Crippen LogP contribution < -0.4 is 10.6 Å². The zero-order chi connectivity index (χ0) is 14.6. The lowest BCUT2D eigenvalue weighted by molar-refractivity contribution is -0.131. The van der Waals surface area contributed by atoms with Crippen molar-refractivity contribution in [2.75, 3.05) is 18.0 Å². The number of likely N-dealkylation sites (N-methyl/N-ethyl adjacent to an activating group) is 1. The molecular formula is C12H18N4O3. The molecule has 0 saturated heterocycles. The van der Waals surface area contributed by atoms with Gasteiger partial charge in [0.1, 0.15) is 5.82 Å². The lowest BCUT2D eigenvalue weighted by atomic mass is 10.2. The van der Waals surface area contributed by atoms with Crippen molar-refractivity contribution in [2.45, 2.75) is 13.8 Å². The van der Waals surface area contributed by atoms with Gasteiger partial charge in [-0.1, -0.05) is 0 Å². The van der Waals surface area contributed by atoms with E-state index in [1.165, 1.54) is 6.08 Å². The molecule has 0 aromatic carbocycles. The molecule has 0 aliphatic heterocycles. The van der Waals surface area contributed by atoms with E-state index in [2.05, 4.69) is 5.10 Å². The van der Waals surface area contributed by atoms with Crippen molar-refractivity contribution < 1.29 is 14.7 Å². The van der Waals surface area contributed by atoms with E-state index in [1.54, 1.807) is 23.6 Å². The average Bonchev–Trinajstić information content (AvgIpc) is 2.58. The Bertz CT molecular complexity index is 519. The fraction of sp³-hybridized carbons (Fsp3) is 0.417. The predicted molar refractivity (Wildman–Crippen MR) is 71.7 cm³/mol. The van der Waals surface area contributed by atoms with Gasteiger partial charge >= 0.3 is 5.97 Å². The quantitative estimate of drug-likeness (QED) is 0.713. The number of hydrogen-bond donors (Lipinski definition) is 2. The predicted octanol–water partition coefficient (Wildman–Crippen LogP) is 0.138. The van der Waals surface area contributed by atoms with Gasteiger partial charge in [0.05, 0.1) is 12.2 Å². The summed E-state index contributed by atoms with van der Waals surface area (Å²) in [5.74, 6) is -0.808. The third-order valence-corrected chi connectivity index (χ3v) is 2.66. The first-order chi connectivity index (χ1) is 8.86. The van der Waals surface area contributed by atoms with Crippen LogP contribution in [0, 0.1) is 6.92 Å². The topological polar surface area (TPSA) is 101 Å². The largest absolute Gasteiger partial charge is 0.478 e. The number of carboxylic acid groups (broad SMARTS) is 1. The van der Waals surface area contributed by atoms with Gasteiger partial charge in [-0.15, -0.1) is 0 Å². The van der Waals surface area contributed by atoms with Crippen LogP contribution in [-0.4, -0.2) is 39.9 Å². The maximum atomic E-state index is 11.1. The highest BCUT2D eigenvalue weighted by atomic mass is 16.4. The number of nitrogens with two attached hydrogens (primary N) is 1. The van der Waals surface area contributed by atoms with Crippen LogP contribution in [0.3, 0.4) is 0 Å². The second kappa shape index (κ2) is 6.03. The zero-order valence-corrected chi connectivity index (χ0v) is 11.3. The minimum Gasteiger partial charge on any atom is -0.478 e. The Hall–Kier alpha value is -2.31. The highest BCUT2D eigenvalue weighted by Gasteiger charge is 2.18. The third-order valence-electron chi connectivity index (χ3n) is 2.66. The number of hydrogen-bond acceptors (Lipinski definition) is 4. The van der Waals surface area contributed by atoms with Gasteiger partial charge in [0, 0.05) is 25.2 Å². The zero-order valence-electron chi connectivity index (χ0n) is 11.3. The monoisotopic (exact) mass is 266 g/mol. The number of rotatable bonds is 6. The number of aryl methyl sites for hydroxylation is 2. The molecule has 1 amide bonds. The van der Waals surface area contributed by atoms with Gasteiger partial charge < -0.3 is 15.7 Å². The summed E-state index contributed by atoms with van der Waals surface area (Å²) < 4.78 is 1.61. The fourth-order valence-corrected chi connectivity index (χ4v) is 1.91. The summed E-state index contributed by atoms with van der Waals surface area (Å²) in [4.78, 5) is 23.4. The third kappa shape index (κ3) is 3.57. The molecule has 7 heteroatoms. The van der Waals surface area contributed by atoms with E-state index in [9.17, 15) is 9.59 Å². The number of anilines is 1. The van der Waals surface area contributed by atoms with Crippen LogP contribution >= 0.6 is 0 Å². The molecule has 3 N–H and O–H groups in total. The second-order valence-electron chi connectivity index (χ2n) is 4.10. The summed E-state index contributed by atoms with van der Waals surface area (Å²) in [6.07, 6.45) is 2.52. The summed E-state index contributed by atoms with van der Waals surface area (Å²) in [5, 5.41) is 12.9. The Kier molecular flexibility index (Phi) is 4.68. The van der Waals surface area contributed by atoms with Crippen molar-refractivity contribution in [3.63, 3.8) is 0 Å². The number of primary amides is 1. The maximum absolute atomic E-state index is 11.1. The molecule has 19 heavy (non-hydrogen) atoms. The summed E-state index contributed by atoms with van der Waals surface area (Å²) >= 11 is 0. The number of carbonyl (C=O) groups excluding carboxylic acids is 1. The van der Waals surface area contributed by atoms with Crippen LogP contribution in [0.5, 0.6) is 0 Å². The molecular weight excluding hydrogens is 248 g/mol. The Morgan fingerprint density at radius 3 is 2.63 bits per heavy atom. The smallest absolute Gasteiger partial charge is 0.328 e. The molecule has 1 heterocycles. The van der Waals surface area contributed by atoms with Crippen molar-refractivity contribution >= 4 is 23.8 Å². The Morgan fingerprint density at radius 1 is 1.53 bits per heavy atom. The van der Waals surface area contributed by atoms with Gasteiger partial charge in [0.25, 0.3) is 0 Å². The average molecular weight is 266 g/mol. The van der Waals surface area contributed by atoms with Crippen LogP contribution in [-0.2, 0) is 16.6 Å². The van der Waals surface area contributed by atoms with Crippen LogP contribution in [0.1, 0.15) is 18.2 Å². The van der Waals surface area contributed by atoms with Gasteiger partial charge in [-0.2, -0.15) is 5.10 Å². The van der Waals surface area contributed by atoms with Crippen molar-refractivity contribution in [3.05, 3.63) is 17.3 Å². The van der Waals surface area contributed by atoms with E-state index in [4.69, 9.17) is 10.8 Å². The van der Waals surface area contributed by atoms with E-state index in [1.807, 2.05) is 6.92 Å². The highest BCUT2D eigenvalue weighted by molar-refractivity contribution is 5.87. The summed E-state index contributed by atoms with van der Waals surface area (Å²) in [5.41, 5.74) is 6.58. The molecule has 0 fully saturated rings. The van der Waals surface area contributed by atoms with Gasteiger partial charge in [-0.25, -0.2) is 4.79 Å².